The molecule has 2 N–H and O–H groups in total. The topological polar surface area (TPSA) is 62.5 Å². The van der Waals surface area contributed by atoms with E-state index in [9.17, 15) is 14.3 Å². The standard InChI is InChI=1S/C14H13BrFNO3/c15-11-4-3-10(16)6-9(11)7-14(19)17-12(8-18)13-2-1-5-20-13/h1-6,12,18H,7-8H2,(H,17,19). The number of aliphatic hydroxyl groups excluding tert-OH is 1. The highest BCUT2D eigenvalue weighted by Gasteiger charge is 2.17. The number of nitrogens with one attached hydrogen (secondary N) is 1. The molecule has 0 aliphatic heterocycles. The molecule has 0 spiro atoms. The van der Waals surface area contributed by atoms with Crippen LogP contribution < -0.4 is 5.32 Å². The average molecular weight is 342 g/mol. The van der Waals surface area contributed by atoms with E-state index in [1.807, 2.05) is 0 Å². The average Bonchev–Trinajstić information content (AvgIpc) is 2.94. The Hall–Kier alpha value is -1.66. The minimum atomic E-state index is -0.607. The third-order valence-electron chi connectivity index (χ3n) is 2.76. The van der Waals surface area contributed by atoms with E-state index in [4.69, 9.17) is 4.42 Å². The van der Waals surface area contributed by atoms with Gasteiger partial charge in [0.1, 0.15) is 17.6 Å². The van der Waals surface area contributed by atoms with Gasteiger partial charge in [0.2, 0.25) is 5.91 Å². The zero-order valence-corrected chi connectivity index (χ0v) is 12.1. The molecule has 2 rings (SSSR count). The van der Waals surface area contributed by atoms with Gasteiger partial charge in [0.15, 0.2) is 0 Å². The molecule has 0 aliphatic rings. The Bertz CT molecular complexity index is 586. The fraction of sp³-hybridized carbons (Fsp3) is 0.214. The molecule has 1 aromatic heterocycles. The van der Waals surface area contributed by atoms with Crippen LogP contribution in [0.4, 0.5) is 4.39 Å². The van der Waals surface area contributed by atoms with E-state index in [-0.39, 0.29) is 18.9 Å². The van der Waals surface area contributed by atoms with Crippen molar-refractivity contribution >= 4 is 21.8 Å². The van der Waals surface area contributed by atoms with Gasteiger partial charge in [0, 0.05) is 4.47 Å². The summed E-state index contributed by atoms with van der Waals surface area (Å²) in [6.45, 7) is -0.274. The van der Waals surface area contributed by atoms with Crippen molar-refractivity contribution < 1.29 is 18.7 Å². The summed E-state index contributed by atoms with van der Waals surface area (Å²) in [6.07, 6.45) is 1.48. The molecular formula is C14H13BrFNO3. The van der Waals surface area contributed by atoms with Gasteiger partial charge in [0.25, 0.3) is 0 Å². The summed E-state index contributed by atoms with van der Waals surface area (Å²) in [7, 11) is 0. The fourth-order valence-electron chi connectivity index (χ4n) is 1.79. The Balaban J connectivity index is 2.03. The minimum absolute atomic E-state index is 0.00948. The van der Waals surface area contributed by atoms with Crippen LogP contribution in [-0.2, 0) is 11.2 Å². The van der Waals surface area contributed by atoms with Crippen molar-refractivity contribution in [3.63, 3.8) is 0 Å². The predicted molar refractivity (Wildman–Crippen MR) is 74.5 cm³/mol. The third kappa shape index (κ3) is 3.68. The van der Waals surface area contributed by atoms with Gasteiger partial charge in [0.05, 0.1) is 19.3 Å². The molecule has 0 saturated heterocycles. The summed E-state index contributed by atoms with van der Waals surface area (Å²) in [5.74, 6) is -0.258. The van der Waals surface area contributed by atoms with E-state index >= 15 is 0 Å². The zero-order chi connectivity index (χ0) is 14.5. The highest BCUT2D eigenvalue weighted by molar-refractivity contribution is 9.10. The van der Waals surface area contributed by atoms with Gasteiger partial charge in [-0.05, 0) is 35.9 Å². The van der Waals surface area contributed by atoms with Crippen LogP contribution in [0.25, 0.3) is 0 Å². The molecule has 2 aromatic rings. The minimum Gasteiger partial charge on any atom is -0.467 e. The predicted octanol–water partition coefficient (Wildman–Crippen LogP) is 2.57. The number of carbonyl (C=O) groups is 1. The number of hydrogen-bond acceptors (Lipinski definition) is 3. The van der Waals surface area contributed by atoms with Crippen molar-refractivity contribution in [1.29, 1.82) is 0 Å². The molecule has 0 fully saturated rings. The van der Waals surface area contributed by atoms with Crippen molar-refractivity contribution in [2.45, 2.75) is 12.5 Å². The number of benzene rings is 1. The summed E-state index contributed by atoms with van der Waals surface area (Å²) in [4.78, 5) is 11.9. The van der Waals surface area contributed by atoms with Gasteiger partial charge in [-0.25, -0.2) is 4.39 Å². The SMILES string of the molecule is O=C(Cc1cc(F)ccc1Br)NC(CO)c1ccco1. The lowest BCUT2D eigenvalue weighted by Crippen LogP contribution is -2.31. The maximum Gasteiger partial charge on any atom is 0.225 e. The van der Waals surface area contributed by atoms with E-state index in [0.717, 1.165) is 0 Å². The van der Waals surface area contributed by atoms with E-state index in [1.165, 1.54) is 18.4 Å². The normalized spacial score (nSPS) is 12.2. The van der Waals surface area contributed by atoms with Crippen LogP contribution >= 0.6 is 15.9 Å². The summed E-state index contributed by atoms with van der Waals surface area (Å²) in [5.41, 5.74) is 0.540. The summed E-state index contributed by atoms with van der Waals surface area (Å²) < 4.78 is 18.9. The summed E-state index contributed by atoms with van der Waals surface area (Å²) >= 11 is 3.27. The van der Waals surface area contributed by atoms with E-state index in [1.54, 1.807) is 18.2 Å². The number of aliphatic hydroxyl groups is 1. The molecule has 4 nitrogen and oxygen atoms in total. The van der Waals surface area contributed by atoms with E-state index < -0.39 is 11.9 Å². The second kappa shape index (κ2) is 6.67. The Morgan fingerprint density at radius 3 is 2.90 bits per heavy atom. The molecule has 106 valence electrons. The molecule has 1 atom stereocenters. The van der Waals surface area contributed by atoms with Crippen molar-refractivity contribution in [3.8, 4) is 0 Å². The first-order valence-corrected chi connectivity index (χ1v) is 6.77. The van der Waals surface area contributed by atoms with Gasteiger partial charge in [-0.2, -0.15) is 0 Å². The Kier molecular flexibility index (Phi) is 4.92. The van der Waals surface area contributed by atoms with Crippen molar-refractivity contribution in [2.75, 3.05) is 6.61 Å². The third-order valence-corrected chi connectivity index (χ3v) is 3.54. The first-order valence-electron chi connectivity index (χ1n) is 5.97. The Labute approximate surface area is 123 Å². The number of halogens is 2. The molecule has 1 amide bonds. The summed E-state index contributed by atoms with van der Waals surface area (Å²) in [5, 5.41) is 11.9. The summed E-state index contributed by atoms with van der Waals surface area (Å²) in [6, 6.07) is 6.89. The van der Waals surface area contributed by atoms with Crippen LogP contribution in [0.5, 0.6) is 0 Å². The lowest BCUT2D eigenvalue weighted by Gasteiger charge is -2.14. The first-order chi connectivity index (χ1) is 9.60. The maximum absolute atomic E-state index is 13.1. The van der Waals surface area contributed by atoms with Crippen LogP contribution in [0.3, 0.4) is 0 Å². The number of rotatable bonds is 5. The molecule has 1 unspecified atom stereocenters. The molecule has 6 heteroatoms. The van der Waals surface area contributed by atoms with Crippen LogP contribution in [0.1, 0.15) is 17.4 Å². The van der Waals surface area contributed by atoms with Crippen molar-refractivity contribution in [2.24, 2.45) is 0 Å². The quantitative estimate of drug-likeness (QED) is 0.878. The second-order valence-corrected chi connectivity index (χ2v) is 5.08. The zero-order valence-electron chi connectivity index (χ0n) is 10.5. The molecule has 0 radical (unpaired) electrons. The molecule has 20 heavy (non-hydrogen) atoms. The highest BCUT2D eigenvalue weighted by Crippen LogP contribution is 2.19. The van der Waals surface area contributed by atoms with E-state index in [2.05, 4.69) is 21.2 Å². The lowest BCUT2D eigenvalue weighted by molar-refractivity contribution is -0.121. The van der Waals surface area contributed by atoms with Gasteiger partial charge in [-0.15, -0.1) is 0 Å². The molecule has 1 heterocycles. The molecule has 0 aliphatic carbocycles. The smallest absolute Gasteiger partial charge is 0.225 e. The number of carbonyl (C=O) groups excluding carboxylic acids is 1. The van der Waals surface area contributed by atoms with Crippen LogP contribution in [-0.4, -0.2) is 17.6 Å². The van der Waals surface area contributed by atoms with Crippen molar-refractivity contribution in [3.05, 3.63) is 58.2 Å². The van der Waals surface area contributed by atoms with E-state index in [0.29, 0.717) is 15.8 Å². The van der Waals surface area contributed by atoms with Crippen LogP contribution in [0, 0.1) is 5.82 Å². The molecule has 0 bridgehead atoms. The highest BCUT2D eigenvalue weighted by atomic mass is 79.9. The number of hydrogen-bond donors (Lipinski definition) is 2. The van der Waals surface area contributed by atoms with Crippen molar-refractivity contribution in [1.82, 2.24) is 5.32 Å². The lowest BCUT2D eigenvalue weighted by atomic mass is 10.1. The Morgan fingerprint density at radius 1 is 1.45 bits per heavy atom. The molecule has 0 saturated carbocycles. The van der Waals surface area contributed by atoms with Gasteiger partial charge in [-0.3, -0.25) is 4.79 Å². The molecular weight excluding hydrogens is 329 g/mol. The second-order valence-electron chi connectivity index (χ2n) is 4.23. The Morgan fingerprint density at radius 2 is 2.25 bits per heavy atom. The van der Waals surface area contributed by atoms with Crippen LogP contribution in [0.2, 0.25) is 0 Å². The maximum atomic E-state index is 13.1. The fourth-order valence-corrected chi connectivity index (χ4v) is 2.18. The van der Waals surface area contributed by atoms with Gasteiger partial charge < -0.3 is 14.8 Å². The monoisotopic (exact) mass is 341 g/mol. The number of amides is 1. The van der Waals surface area contributed by atoms with Gasteiger partial charge in [-0.1, -0.05) is 15.9 Å². The first kappa shape index (κ1) is 14.7. The van der Waals surface area contributed by atoms with Gasteiger partial charge >= 0.3 is 0 Å². The van der Waals surface area contributed by atoms with Crippen LogP contribution in [0.15, 0.2) is 45.5 Å². The largest absolute Gasteiger partial charge is 0.467 e. The number of furan rings is 1. The molecule has 1 aromatic carbocycles.